The quantitative estimate of drug-likeness (QED) is 0.409. The van der Waals surface area contributed by atoms with Crippen molar-refractivity contribution in [1.82, 2.24) is 5.43 Å². The van der Waals surface area contributed by atoms with Crippen LogP contribution in [0.4, 0.5) is 11.4 Å². The van der Waals surface area contributed by atoms with Gasteiger partial charge in [-0.1, -0.05) is 12.1 Å². The Morgan fingerprint density at radius 3 is 2.64 bits per heavy atom. The predicted molar refractivity (Wildman–Crippen MR) is 93.8 cm³/mol. The molecule has 12 nitrogen and oxygen atoms in total. The number of rotatable bonds is 7. The third-order valence-electron chi connectivity index (χ3n) is 3.27. The minimum atomic E-state index is -0.987. The van der Waals surface area contributed by atoms with Gasteiger partial charge in [0.25, 0.3) is 11.6 Å². The summed E-state index contributed by atoms with van der Waals surface area (Å²) in [5.41, 5.74) is 0.421. The first-order valence-corrected chi connectivity index (χ1v) is 7.43. The molecule has 2 rings (SSSR count). The summed E-state index contributed by atoms with van der Waals surface area (Å²) in [6.45, 7) is -0.489. The highest BCUT2D eigenvalue weighted by Gasteiger charge is 2.23. The maximum atomic E-state index is 11.7. The molecule has 0 aliphatic carbocycles. The highest BCUT2D eigenvalue weighted by atomic mass is 16.6. The standard InChI is InChI=1S/C16H11N5O7/c17-7-10-3-1-2-4-14(10)28-9-15(22)19-18-8-11-5-12(20(24)25)6-13(16(11)23)21(26)27/h1-6,8,23H,9H2,(H,19,22). The number of hydrogen-bond acceptors (Lipinski definition) is 9. The lowest BCUT2D eigenvalue weighted by Crippen LogP contribution is -2.24. The molecule has 2 aromatic rings. The van der Waals surface area contributed by atoms with Gasteiger partial charge < -0.3 is 9.84 Å². The molecule has 0 unspecified atom stereocenters. The van der Waals surface area contributed by atoms with Crippen LogP contribution in [-0.4, -0.2) is 33.7 Å². The molecule has 0 atom stereocenters. The number of carbonyl (C=O) groups is 1. The van der Waals surface area contributed by atoms with Crippen molar-refractivity contribution in [3.05, 3.63) is 67.8 Å². The van der Waals surface area contributed by atoms with Gasteiger partial charge in [0, 0.05) is 6.07 Å². The van der Waals surface area contributed by atoms with Crippen molar-refractivity contribution in [1.29, 1.82) is 5.26 Å². The monoisotopic (exact) mass is 385 g/mol. The van der Waals surface area contributed by atoms with E-state index in [-0.39, 0.29) is 16.9 Å². The Morgan fingerprint density at radius 2 is 2.00 bits per heavy atom. The predicted octanol–water partition coefficient (Wildman–Crippen LogP) is 1.61. The number of carbonyl (C=O) groups excluding carboxylic acids is 1. The van der Waals surface area contributed by atoms with Crippen LogP contribution >= 0.6 is 0 Å². The van der Waals surface area contributed by atoms with E-state index in [0.717, 1.165) is 12.3 Å². The van der Waals surface area contributed by atoms with Gasteiger partial charge in [-0.2, -0.15) is 10.4 Å². The molecule has 2 aromatic carbocycles. The lowest BCUT2D eigenvalue weighted by atomic mass is 10.1. The van der Waals surface area contributed by atoms with Crippen LogP contribution in [0, 0.1) is 31.6 Å². The molecule has 0 aliphatic rings. The van der Waals surface area contributed by atoms with Crippen LogP contribution in [0.5, 0.6) is 11.5 Å². The van der Waals surface area contributed by atoms with Gasteiger partial charge in [0.05, 0.1) is 33.3 Å². The number of nitro benzene ring substituents is 2. The lowest BCUT2D eigenvalue weighted by molar-refractivity contribution is -0.394. The zero-order valence-corrected chi connectivity index (χ0v) is 13.9. The van der Waals surface area contributed by atoms with E-state index in [1.807, 2.05) is 11.5 Å². The van der Waals surface area contributed by atoms with E-state index >= 15 is 0 Å². The summed E-state index contributed by atoms with van der Waals surface area (Å²) in [5.74, 6) is -1.38. The van der Waals surface area contributed by atoms with Crippen LogP contribution in [-0.2, 0) is 4.79 Å². The van der Waals surface area contributed by atoms with E-state index in [4.69, 9.17) is 10.00 Å². The summed E-state index contributed by atoms with van der Waals surface area (Å²) in [4.78, 5) is 31.6. The number of hydrazone groups is 1. The second-order valence-corrected chi connectivity index (χ2v) is 5.11. The number of nitrogens with zero attached hydrogens (tertiary/aromatic N) is 4. The molecule has 142 valence electrons. The van der Waals surface area contributed by atoms with Crippen molar-refractivity contribution < 1.29 is 24.5 Å². The molecule has 0 aromatic heterocycles. The number of phenolic OH excluding ortho intramolecular Hbond substituents is 1. The first kappa shape index (κ1) is 19.8. The summed E-state index contributed by atoms with van der Waals surface area (Å²) in [5, 5.41) is 43.9. The number of benzene rings is 2. The average molecular weight is 385 g/mol. The molecule has 0 saturated carbocycles. The first-order valence-electron chi connectivity index (χ1n) is 7.43. The molecule has 12 heteroatoms. The van der Waals surface area contributed by atoms with Gasteiger partial charge in [-0.25, -0.2) is 5.43 Å². The van der Waals surface area contributed by atoms with E-state index in [1.54, 1.807) is 12.1 Å². The SMILES string of the molecule is N#Cc1ccccc1OCC(=O)NN=Cc1cc([N+](=O)[O-])cc([N+](=O)[O-])c1O. The van der Waals surface area contributed by atoms with Crippen LogP contribution in [0.15, 0.2) is 41.5 Å². The third-order valence-corrected chi connectivity index (χ3v) is 3.27. The lowest BCUT2D eigenvalue weighted by Gasteiger charge is -2.06. The van der Waals surface area contributed by atoms with Gasteiger partial charge in [0.1, 0.15) is 11.8 Å². The number of nitriles is 1. The number of nitro groups is 2. The fourth-order valence-electron chi connectivity index (χ4n) is 2.00. The third kappa shape index (κ3) is 4.76. The Balaban J connectivity index is 2.08. The van der Waals surface area contributed by atoms with Gasteiger partial charge in [0.2, 0.25) is 5.75 Å². The molecule has 0 bridgehead atoms. The van der Waals surface area contributed by atoms with Gasteiger partial charge >= 0.3 is 5.69 Å². The van der Waals surface area contributed by atoms with Crippen molar-refractivity contribution in [2.45, 2.75) is 0 Å². The van der Waals surface area contributed by atoms with Gasteiger partial charge in [-0.15, -0.1) is 0 Å². The summed E-state index contributed by atoms with van der Waals surface area (Å²) in [6, 6.07) is 9.60. The molecule has 0 saturated heterocycles. The Hall–Kier alpha value is -4.53. The Bertz CT molecular complexity index is 1010. The maximum absolute atomic E-state index is 11.7. The molecule has 0 spiro atoms. The molecule has 0 fully saturated rings. The Morgan fingerprint density at radius 1 is 1.29 bits per heavy atom. The van der Waals surface area contributed by atoms with Crippen LogP contribution in [0.1, 0.15) is 11.1 Å². The maximum Gasteiger partial charge on any atom is 0.318 e. The normalized spacial score (nSPS) is 10.2. The molecule has 28 heavy (non-hydrogen) atoms. The highest BCUT2D eigenvalue weighted by molar-refractivity contribution is 5.88. The van der Waals surface area contributed by atoms with Crippen LogP contribution in [0.25, 0.3) is 0 Å². The summed E-state index contributed by atoms with van der Waals surface area (Å²) < 4.78 is 5.18. The van der Waals surface area contributed by atoms with Crippen LogP contribution < -0.4 is 10.2 Å². The van der Waals surface area contributed by atoms with E-state index in [0.29, 0.717) is 6.07 Å². The topological polar surface area (TPSA) is 181 Å². The number of aromatic hydroxyl groups is 1. The molecule has 0 heterocycles. The van der Waals surface area contributed by atoms with Gasteiger partial charge in [-0.05, 0) is 12.1 Å². The number of amides is 1. The zero-order chi connectivity index (χ0) is 20.7. The van der Waals surface area contributed by atoms with Crippen LogP contribution in [0.3, 0.4) is 0 Å². The fraction of sp³-hybridized carbons (Fsp3) is 0.0625. The van der Waals surface area contributed by atoms with E-state index in [2.05, 4.69) is 5.10 Å². The number of phenols is 1. The minimum absolute atomic E-state index is 0.191. The fourth-order valence-corrected chi connectivity index (χ4v) is 2.00. The molecule has 0 radical (unpaired) electrons. The van der Waals surface area contributed by atoms with Crippen molar-refractivity contribution in [3.8, 4) is 17.6 Å². The minimum Gasteiger partial charge on any atom is -0.502 e. The smallest absolute Gasteiger partial charge is 0.318 e. The van der Waals surface area contributed by atoms with Gasteiger partial charge in [-0.3, -0.25) is 25.0 Å². The highest BCUT2D eigenvalue weighted by Crippen LogP contribution is 2.33. The summed E-state index contributed by atoms with van der Waals surface area (Å²) in [6.07, 6.45) is 0.816. The second kappa shape index (κ2) is 8.72. The second-order valence-electron chi connectivity index (χ2n) is 5.11. The first-order chi connectivity index (χ1) is 13.3. The molecular formula is C16H11N5O7. The summed E-state index contributed by atoms with van der Waals surface area (Å²) >= 11 is 0. The van der Waals surface area contributed by atoms with Crippen molar-refractivity contribution in [2.24, 2.45) is 5.10 Å². The number of non-ortho nitro benzene ring substituents is 1. The molecular weight excluding hydrogens is 374 g/mol. The summed E-state index contributed by atoms with van der Waals surface area (Å²) in [7, 11) is 0. The number of hydrogen-bond donors (Lipinski definition) is 2. The number of ether oxygens (including phenoxy) is 1. The Labute approximate surface area is 156 Å². The van der Waals surface area contributed by atoms with E-state index < -0.39 is 39.5 Å². The largest absolute Gasteiger partial charge is 0.502 e. The molecule has 0 aliphatic heterocycles. The molecule has 1 amide bonds. The zero-order valence-electron chi connectivity index (χ0n) is 13.9. The van der Waals surface area contributed by atoms with E-state index in [1.165, 1.54) is 12.1 Å². The Kier molecular flexibility index (Phi) is 6.16. The molecule has 2 N–H and O–H groups in total. The van der Waals surface area contributed by atoms with Crippen molar-refractivity contribution in [3.63, 3.8) is 0 Å². The van der Waals surface area contributed by atoms with Crippen molar-refractivity contribution in [2.75, 3.05) is 6.61 Å². The van der Waals surface area contributed by atoms with Crippen molar-refractivity contribution >= 4 is 23.5 Å². The average Bonchev–Trinajstić information content (AvgIpc) is 2.67. The van der Waals surface area contributed by atoms with Gasteiger partial charge in [0.15, 0.2) is 6.61 Å². The van der Waals surface area contributed by atoms with E-state index in [9.17, 15) is 30.1 Å². The number of nitrogens with one attached hydrogen (secondary N) is 1. The van der Waals surface area contributed by atoms with Crippen LogP contribution in [0.2, 0.25) is 0 Å². The number of para-hydroxylation sites is 1.